The molecule has 0 atom stereocenters. The smallest absolute Gasteiger partial charge is 0.101 e. The van der Waals surface area contributed by atoms with Crippen LogP contribution in [-0.4, -0.2) is 13.6 Å². The van der Waals surface area contributed by atoms with E-state index >= 15 is 0 Å². The molecule has 0 saturated carbocycles. The van der Waals surface area contributed by atoms with Gasteiger partial charge in [0.05, 0.1) is 11.3 Å². The number of nitrogens with zero attached hydrogens (tertiary/aromatic N) is 2. The van der Waals surface area contributed by atoms with Crippen LogP contribution in [0.4, 0.5) is 5.69 Å². The first kappa shape index (κ1) is 11.5. The van der Waals surface area contributed by atoms with Crippen molar-refractivity contribution in [1.29, 1.82) is 5.26 Å². The highest BCUT2D eigenvalue weighted by Gasteiger charge is 2.06. The molecule has 1 aromatic carbocycles. The lowest BCUT2D eigenvalue weighted by Gasteiger charge is -2.19. The molecule has 0 radical (unpaired) electrons. The molecule has 3 heteroatoms. The van der Waals surface area contributed by atoms with E-state index in [-0.39, 0.29) is 0 Å². The highest BCUT2D eigenvalue weighted by Crippen LogP contribution is 2.20. The van der Waals surface area contributed by atoms with Crippen LogP contribution in [0, 0.1) is 11.3 Å². The van der Waals surface area contributed by atoms with E-state index in [1.54, 1.807) is 0 Å². The second kappa shape index (κ2) is 5.38. The van der Waals surface area contributed by atoms with Crippen LogP contribution in [0.3, 0.4) is 0 Å². The molecule has 0 fully saturated rings. The van der Waals surface area contributed by atoms with Crippen molar-refractivity contribution in [2.75, 3.05) is 18.5 Å². The molecular formula is C12H17N3. The third-order valence-corrected chi connectivity index (χ3v) is 2.39. The largest absolute Gasteiger partial charge is 0.374 e. The summed E-state index contributed by atoms with van der Waals surface area (Å²) >= 11 is 0. The Morgan fingerprint density at radius 1 is 1.47 bits per heavy atom. The van der Waals surface area contributed by atoms with Gasteiger partial charge in [-0.3, -0.25) is 0 Å². The average molecular weight is 203 g/mol. The molecule has 1 rings (SSSR count). The molecule has 0 bridgehead atoms. The van der Waals surface area contributed by atoms with Crippen LogP contribution < -0.4 is 10.6 Å². The van der Waals surface area contributed by atoms with E-state index in [1.165, 1.54) is 0 Å². The highest BCUT2D eigenvalue weighted by atomic mass is 15.1. The van der Waals surface area contributed by atoms with Crippen molar-refractivity contribution < 1.29 is 0 Å². The van der Waals surface area contributed by atoms with Gasteiger partial charge in [0, 0.05) is 20.1 Å². The molecule has 0 aromatic heterocycles. The van der Waals surface area contributed by atoms with Gasteiger partial charge in [-0.15, -0.1) is 0 Å². The maximum absolute atomic E-state index is 9.04. The third kappa shape index (κ3) is 2.71. The monoisotopic (exact) mass is 203 g/mol. The van der Waals surface area contributed by atoms with Crippen molar-refractivity contribution in [3.63, 3.8) is 0 Å². The van der Waals surface area contributed by atoms with Crippen molar-refractivity contribution in [3.05, 3.63) is 29.3 Å². The Kier molecular flexibility index (Phi) is 4.14. The van der Waals surface area contributed by atoms with Crippen molar-refractivity contribution in [2.24, 2.45) is 5.73 Å². The minimum Gasteiger partial charge on any atom is -0.374 e. The Bertz CT molecular complexity index is 366. The topological polar surface area (TPSA) is 53.0 Å². The minimum atomic E-state index is 0.479. The van der Waals surface area contributed by atoms with Crippen LogP contribution in [0.1, 0.15) is 24.5 Å². The summed E-state index contributed by atoms with van der Waals surface area (Å²) < 4.78 is 0. The SMILES string of the molecule is CCCN(C)c1ccc(CN)cc1C#N. The molecule has 3 nitrogen and oxygen atoms in total. The number of rotatable bonds is 4. The summed E-state index contributed by atoms with van der Waals surface area (Å²) in [6.07, 6.45) is 1.07. The molecule has 0 unspecified atom stereocenters. The summed E-state index contributed by atoms with van der Waals surface area (Å²) in [6.45, 7) is 3.56. The van der Waals surface area contributed by atoms with Gasteiger partial charge in [0.25, 0.3) is 0 Å². The van der Waals surface area contributed by atoms with Gasteiger partial charge in [0.15, 0.2) is 0 Å². The van der Waals surface area contributed by atoms with Crippen molar-refractivity contribution >= 4 is 5.69 Å². The van der Waals surface area contributed by atoms with Crippen LogP contribution in [0.25, 0.3) is 0 Å². The van der Waals surface area contributed by atoms with Gasteiger partial charge in [-0.1, -0.05) is 13.0 Å². The van der Waals surface area contributed by atoms with Crippen LogP contribution in [0.5, 0.6) is 0 Å². The van der Waals surface area contributed by atoms with Gasteiger partial charge in [0.2, 0.25) is 0 Å². The van der Waals surface area contributed by atoms with Crippen LogP contribution in [0.15, 0.2) is 18.2 Å². The van der Waals surface area contributed by atoms with E-state index in [0.29, 0.717) is 12.1 Å². The molecule has 15 heavy (non-hydrogen) atoms. The lowest BCUT2D eigenvalue weighted by Crippen LogP contribution is -2.19. The molecule has 0 aliphatic heterocycles. The number of benzene rings is 1. The van der Waals surface area contributed by atoms with Crippen molar-refractivity contribution in [1.82, 2.24) is 0 Å². The first-order chi connectivity index (χ1) is 7.22. The zero-order valence-electron chi connectivity index (χ0n) is 9.33. The molecule has 0 aliphatic rings. The first-order valence-corrected chi connectivity index (χ1v) is 5.17. The molecular weight excluding hydrogens is 186 g/mol. The van der Waals surface area contributed by atoms with Gasteiger partial charge in [-0.2, -0.15) is 5.26 Å². The number of nitrogens with two attached hydrogens (primary N) is 1. The van der Waals surface area contributed by atoms with Crippen LogP contribution in [-0.2, 0) is 6.54 Å². The highest BCUT2D eigenvalue weighted by molar-refractivity contribution is 5.60. The summed E-state index contributed by atoms with van der Waals surface area (Å²) in [5, 5.41) is 9.04. The second-order valence-corrected chi connectivity index (χ2v) is 3.59. The van der Waals surface area contributed by atoms with E-state index in [0.717, 1.165) is 24.2 Å². The summed E-state index contributed by atoms with van der Waals surface area (Å²) in [6, 6.07) is 8.02. The maximum atomic E-state index is 9.04. The lowest BCUT2D eigenvalue weighted by molar-refractivity contribution is 0.850. The number of nitriles is 1. The molecule has 0 amide bonds. The molecule has 0 heterocycles. The molecule has 0 saturated heterocycles. The Morgan fingerprint density at radius 3 is 2.73 bits per heavy atom. The number of hydrogen-bond donors (Lipinski definition) is 1. The van der Waals surface area contributed by atoms with E-state index in [2.05, 4.69) is 17.9 Å². The third-order valence-electron chi connectivity index (χ3n) is 2.39. The average Bonchev–Trinajstić information content (AvgIpc) is 2.28. The van der Waals surface area contributed by atoms with E-state index in [9.17, 15) is 0 Å². The Balaban J connectivity index is 3.03. The predicted octanol–water partition coefficient (Wildman–Crippen LogP) is 1.86. The fraction of sp³-hybridized carbons (Fsp3) is 0.417. The fourth-order valence-corrected chi connectivity index (χ4v) is 1.59. The van der Waals surface area contributed by atoms with Gasteiger partial charge in [0.1, 0.15) is 6.07 Å². The normalized spacial score (nSPS) is 9.73. The van der Waals surface area contributed by atoms with Gasteiger partial charge < -0.3 is 10.6 Å². The zero-order chi connectivity index (χ0) is 11.3. The Labute approximate surface area is 91.1 Å². The van der Waals surface area contributed by atoms with E-state index in [1.807, 2.05) is 25.2 Å². The first-order valence-electron chi connectivity index (χ1n) is 5.17. The summed E-state index contributed by atoms with van der Waals surface area (Å²) in [5.41, 5.74) is 8.22. The molecule has 2 N–H and O–H groups in total. The minimum absolute atomic E-state index is 0.479. The van der Waals surface area contributed by atoms with Gasteiger partial charge >= 0.3 is 0 Å². The Hall–Kier alpha value is -1.53. The van der Waals surface area contributed by atoms with E-state index in [4.69, 9.17) is 11.0 Å². The zero-order valence-corrected chi connectivity index (χ0v) is 9.33. The quantitative estimate of drug-likeness (QED) is 0.812. The predicted molar refractivity (Wildman–Crippen MR) is 62.6 cm³/mol. The fourth-order valence-electron chi connectivity index (χ4n) is 1.59. The van der Waals surface area contributed by atoms with Gasteiger partial charge in [-0.25, -0.2) is 0 Å². The molecule has 80 valence electrons. The molecule has 0 spiro atoms. The van der Waals surface area contributed by atoms with Crippen LogP contribution in [0.2, 0.25) is 0 Å². The lowest BCUT2D eigenvalue weighted by atomic mass is 10.1. The maximum Gasteiger partial charge on any atom is 0.101 e. The van der Waals surface area contributed by atoms with Gasteiger partial charge in [-0.05, 0) is 24.1 Å². The summed E-state index contributed by atoms with van der Waals surface area (Å²) in [5.74, 6) is 0. The Morgan fingerprint density at radius 2 is 2.20 bits per heavy atom. The van der Waals surface area contributed by atoms with Crippen molar-refractivity contribution in [3.8, 4) is 6.07 Å². The number of anilines is 1. The van der Waals surface area contributed by atoms with Crippen molar-refractivity contribution in [2.45, 2.75) is 19.9 Å². The number of hydrogen-bond acceptors (Lipinski definition) is 3. The second-order valence-electron chi connectivity index (χ2n) is 3.59. The standard InChI is InChI=1S/C12H17N3/c1-3-6-15(2)12-5-4-10(8-13)7-11(12)9-14/h4-5,7H,3,6,8,13H2,1-2H3. The molecule has 0 aliphatic carbocycles. The van der Waals surface area contributed by atoms with E-state index < -0.39 is 0 Å². The summed E-state index contributed by atoms with van der Waals surface area (Å²) in [4.78, 5) is 2.10. The van der Waals surface area contributed by atoms with Crippen LogP contribution >= 0.6 is 0 Å². The molecule has 1 aromatic rings. The summed E-state index contributed by atoms with van der Waals surface area (Å²) in [7, 11) is 2.00.